The van der Waals surface area contributed by atoms with Gasteiger partial charge in [0.15, 0.2) is 5.82 Å². The second-order valence-electron chi connectivity index (χ2n) is 7.07. The summed E-state index contributed by atoms with van der Waals surface area (Å²) in [4.78, 5) is 27.8. The van der Waals surface area contributed by atoms with Crippen LogP contribution < -0.4 is 5.32 Å². The molecule has 31 heavy (non-hydrogen) atoms. The van der Waals surface area contributed by atoms with E-state index in [1.165, 1.54) is 18.2 Å². The van der Waals surface area contributed by atoms with Crippen LogP contribution in [-0.2, 0) is 0 Å². The van der Waals surface area contributed by atoms with Crippen LogP contribution in [0.25, 0.3) is 17.1 Å². The van der Waals surface area contributed by atoms with Crippen molar-refractivity contribution in [3.63, 3.8) is 0 Å². The summed E-state index contributed by atoms with van der Waals surface area (Å²) in [5, 5.41) is 18.1. The first-order valence-corrected chi connectivity index (χ1v) is 9.58. The fourth-order valence-electron chi connectivity index (χ4n) is 3.10. The highest BCUT2D eigenvalue weighted by atomic mass is 16.6. The summed E-state index contributed by atoms with van der Waals surface area (Å²) in [7, 11) is 0. The molecule has 0 saturated carbocycles. The number of non-ortho nitro benzene ring substituents is 1. The number of aromatic nitrogens is 3. The molecular weight excluding hydrogens is 394 g/mol. The molecule has 8 nitrogen and oxygen atoms in total. The number of benzene rings is 3. The van der Waals surface area contributed by atoms with Gasteiger partial charge in [-0.05, 0) is 43.2 Å². The van der Waals surface area contributed by atoms with Crippen LogP contribution in [0.15, 0.2) is 72.8 Å². The van der Waals surface area contributed by atoms with Gasteiger partial charge in [0.05, 0.1) is 10.6 Å². The van der Waals surface area contributed by atoms with Crippen LogP contribution in [0.5, 0.6) is 0 Å². The third kappa shape index (κ3) is 4.18. The minimum atomic E-state index is -0.555. The Morgan fingerprint density at radius 3 is 2.45 bits per heavy atom. The van der Waals surface area contributed by atoms with Gasteiger partial charge >= 0.3 is 0 Å². The van der Waals surface area contributed by atoms with E-state index in [2.05, 4.69) is 15.4 Å². The molecule has 3 aromatic carbocycles. The van der Waals surface area contributed by atoms with Gasteiger partial charge in [0.25, 0.3) is 11.6 Å². The van der Waals surface area contributed by atoms with E-state index in [9.17, 15) is 14.9 Å². The second-order valence-corrected chi connectivity index (χ2v) is 7.07. The molecule has 0 unspecified atom stereocenters. The standard InChI is InChI=1S/C23H19N5O3/c1-15-11-12-19(13-16(15)2)27-22(17-7-4-3-5-8-17)25-21(26-27)23(29)24-18-9-6-10-20(14-18)28(30)31/h3-14H,1-2H3,(H,24,29). The lowest BCUT2D eigenvalue weighted by Crippen LogP contribution is -2.14. The molecule has 8 heteroatoms. The Balaban J connectivity index is 1.74. The molecule has 4 aromatic rings. The Kier molecular flexibility index (Phi) is 5.28. The summed E-state index contributed by atoms with van der Waals surface area (Å²) in [6.45, 7) is 4.03. The molecular formula is C23H19N5O3. The predicted molar refractivity (Wildman–Crippen MR) is 117 cm³/mol. The van der Waals surface area contributed by atoms with E-state index in [0.717, 1.165) is 22.4 Å². The smallest absolute Gasteiger partial charge is 0.295 e. The van der Waals surface area contributed by atoms with Crippen molar-refractivity contribution in [3.8, 4) is 17.1 Å². The lowest BCUT2D eigenvalue weighted by Gasteiger charge is -2.08. The molecule has 0 bridgehead atoms. The molecule has 0 aliphatic rings. The molecule has 1 N–H and O–H groups in total. The van der Waals surface area contributed by atoms with E-state index in [0.29, 0.717) is 11.5 Å². The summed E-state index contributed by atoms with van der Waals surface area (Å²) in [6.07, 6.45) is 0. The number of hydrogen-bond acceptors (Lipinski definition) is 5. The molecule has 0 aliphatic heterocycles. The van der Waals surface area contributed by atoms with Crippen molar-refractivity contribution >= 4 is 17.3 Å². The van der Waals surface area contributed by atoms with Crippen LogP contribution in [0, 0.1) is 24.0 Å². The maximum Gasteiger partial charge on any atom is 0.295 e. The third-order valence-corrected chi connectivity index (χ3v) is 4.89. The van der Waals surface area contributed by atoms with Crippen molar-refractivity contribution in [1.29, 1.82) is 0 Å². The lowest BCUT2D eigenvalue weighted by molar-refractivity contribution is -0.384. The molecule has 0 spiro atoms. The Hall–Kier alpha value is -4.33. The van der Waals surface area contributed by atoms with Gasteiger partial charge in [-0.2, -0.15) is 0 Å². The van der Waals surface area contributed by atoms with E-state index in [1.54, 1.807) is 10.7 Å². The molecule has 1 amide bonds. The number of carbonyl (C=O) groups is 1. The van der Waals surface area contributed by atoms with Crippen LogP contribution in [0.1, 0.15) is 21.7 Å². The largest absolute Gasteiger partial charge is 0.319 e. The number of rotatable bonds is 5. The number of amides is 1. The first-order chi connectivity index (χ1) is 14.9. The molecule has 1 aromatic heterocycles. The zero-order valence-electron chi connectivity index (χ0n) is 16.9. The Bertz CT molecular complexity index is 1280. The van der Waals surface area contributed by atoms with Crippen molar-refractivity contribution in [2.75, 3.05) is 5.32 Å². The zero-order chi connectivity index (χ0) is 22.0. The Morgan fingerprint density at radius 2 is 1.74 bits per heavy atom. The van der Waals surface area contributed by atoms with Crippen LogP contribution in [-0.4, -0.2) is 25.6 Å². The molecule has 0 fully saturated rings. The lowest BCUT2D eigenvalue weighted by atomic mass is 10.1. The first-order valence-electron chi connectivity index (χ1n) is 9.58. The number of nitrogens with one attached hydrogen (secondary N) is 1. The highest BCUT2D eigenvalue weighted by Crippen LogP contribution is 2.23. The summed E-state index contributed by atoms with van der Waals surface area (Å²) >= 11 is 0. The van der Waals surface area contributed by atoms with E-state index in [4.69, 9.17) is 0 Å². The number of nitro groups is 1. The van der Waals surface area contributed by atoms with E-state index in [-0.39, 0.29) is 11.5 Å². The maximum absolute atomic E-state index is 12.8. The highest BCUT2D eigenvalue weighted by molar-refractivity contribution is 6.02. The number of aryl methyl sites for hydroxylation is 2. The van der Waals surface area contributed by atoms with Gasteiger partial charge in [0.2, 0.25) is 5.82 Å². The average molecular weight is 413 g/mol. The Labute approximate surface area is 178 Å². The normalized spacial score (nSPS) is 10.6. The summed E-state index contributed by atoms with van der Waals surface area (Å²) < 4.78 is 1.63. The van der Waals surface area contributed by atoms with E-state index < -0.39 is 10.8 Å². The van der Waals surface area contributed by atoms with Crippen LogP contribution in [0.2, 0.25) is 0 Å². The van der Waals surface area contributed by atoms with Gasteiger partial charge in [0.1, 0.15) is 0 Å². The van der Waals surface area contributed by atoms with E-state index in [1.807, 2.05) is 62.4 Å². The highest BCUT2D eigenvalue weighted by Gasteiger charge is 2.20. The number of hydrogen-bond donors (Lipinski definition) is 1. The fraction of sp³-hybridized carbons (Fsp3) is 0.0870. The number of nitro benzene ring substituents is 1. The summed E-state index contributed by atoms with van der Waals surface area (Å²) in [5.41, 5.74) is 4.01. The predicted octanol–water partition coefficient (Wildman–Crippen LogP) is 4.71. The SMILES string of the molecule is Cc1ccc(-n2nc(C(=O)Nc3cccc([N+](=O)[O-])c3)nc2-c2ccccc2)cc1C. The van der Waals surface area contributed by atoms with Crippen molar-refractivity contribution in [2.45, 2.75) is 13.8 Å². The quantitative estimate of drug-likeness (QED) is 0.377. The fourth-order valence-corrected chi connectivity index (χ4v) is 3.10. The van der Waals surface area contributed by atoms with Gasteiger partial charge in [-0.1, -0.05) is 42.5 Å². The molecule has 0 saturated heterocycles. The first kappa shape index (κ1) is 20.0. The summed E-state index contributed by atoms with van der Waals surface area (Å²) in [6, 6.07) is 21.1. The average Bonchev–Trinajstić information content (AvgIpc) is 3.22. The van der Waals surface area contributed by atoms with Crippen LogP contribution in [0.3, 0.4) is 0 Å². The van der Waals surface area contributed by atoms with Gasteiger partial charge in [0, 0.05) is 23.4 Å². The maximum atomic E-state index is 12.8. The molecule has 0 aliphatic carbocycles. The second kappa shape index (κ2) is 8.19. The van der Waals surface area contributed by atoms with Gasteiger partial charge in [-0.3, -0.25) is 14.9 Å². The molecule has 0 atom stereocenters. The molecule has 154 valence electrons. The monoisotopic (exact) mass is 413 g/mol. The van der Waals surface area contributed by atoms with Gasteiger partial charge < -0.3 is 5.32 Å². The van der Waals surface area contributed by atoms with Crippen molar-refractivity contribution < 1.29 is 9.72 Å². The topological polar surface area (TPSA) is 103 Å². The Morgan fingerprint density at radius 1 is 0.968 bits per heavy atom. The molecule has 4 rings (SSSR count). The summed E-state index contributed by atoms with van der Waals surface area (Å²) in [5.74, 6) is -0.0723. The van der Waals surface area contributed by atoms with Crippen molar-refractivity contribution in [1.82, 2.24) is 14.8 Å². The van der Waals surface area contributed by atoms with E-state index >= 15 is 0 Å². The number of nitrogens with zero attached hydrogens (tertiary/aromatic N) is 4. The van der Waals surface area contributed by atoms with Crippen molar-refractivity contribution in [2.24, 2.45) is 0 Å². The minimum absolute atomic E-state index is 0.0383. The minimum Gasteiger partial charge on any atom is -0.319 e. The van der Waals surface area contributed by atoms with Crippen LogP contribution in [0.4, 0.5) is 11.4 Å². The van der Waals surface area contributed by atoms with Gasteiger partial charge in [-0.15, -0.1) is 5.10 Å². The van der Waals surface area contributed by atoms with Crippen molar-refractivity contribution in [3.05, 3.63) is 99.9 Å². The number of anilines is 1. The third-order valence-electron chi connectivity index (χ3n) is 4.89. The zero-order valence-corrected chi connectivity index (χ0v) is 16.9. The molecule has 1 heterocycles. The van der Waals surface area contributed by atoms with Gasteiger partial charge in [-0.25, -0.2) is 9.67 Å². The molecule has 0 radical (unpaired) electrons. The number of carbonyl (C=O) groups excluding carboxylic acids is 1. The van der Waals surface area contributed by atoms with Crippen LogP contribution >= 0.6 is 0 Å².